The van der Waals surface area contributed by atoms with Gasteiger partial charge in [-0.25, -0.2) is 4.79 Å². The van der Waals surface area contributed by atoms with Crippen LogP contribution in [-0.4, -0.2) is 35.8 Å². The van der Waals surface area contributed by atoms with Gasteiger partial charge in [-0.3, -0.25) is 14.9 Å². The summed E-state index contributed by atoms with van der Waals surface area (Å²) < 4.78 is 4.98. The molecule has 130 valence electrons. The number of nitro benzene ring substituents is 1. The van der Waals surface area contributed by atoms with Crippen molar-refractivity contribution in [3.8, 4) is 0 Å². The second-order valence-electron chi connectivity index (χ2n) is 4.87. The van der Waals surface area contributed by atoms with Gasteiger partial charge in [0.2, 0.25) is 0 Å². The lowest BCUT2D eigenvalue weighted by Gasteiger charge is -2.07. The molecule has 2 aromatic rings. The number of carbonyl (C=O) groups excluding carboxylic acids is 2. The fourth-order valence-corrected chi connectivity index (χ4v) is 2.88. The van der Waals surface area contributed by atoms with Gasteiger partial charge in [0, 0.05) is 21.4 Å². The molecular weight excluding hydrogens is 362 g/mol. The fraction of sp³-hybridized carbons (Fsp3) is 0.176. The van der Waals surface area contributed by atoms with Gasteiger partial charge in [-0.2, -0.15) is 0 Å². The van der Waals surface area contributed by atoms with E-state index in [1.54, 1.807) is 48.3 Å². The van der Waals surface area contributed by atoms with Crippen LogP contribution in [0.3, 0.4) is 0 Å². The number of hydrogen-bond acceptors (Lipinski definition) is 7. The minimum Gasteiger partial charge on any atom is -0.454 e. The summed E-state index contributed by atoms with van der Waals surface area (Å²) in [5.74, 6) is -1.26. The maximum Gasteiger partial charge on any atom is 0.345 e. The Balaban J connectivity index is 2.11. The number of rotatable bonds is 7. The van der Waals surface area contributed by atoms with Crippen LogP contribution in [0.15, 0.2) is 52.3 Å². The lowest BCUT2D eigenvalue weighted by atomic mass is 10.1. The van der Waals surface area contributed by atoms with Crippen molar-refractivity contribution in [1.29, 1.82) is 0 Å². The smallest absolute Gasteiger partial charge is 0.345 e. The molecule has 0 aliphatic carbocycles. The van der Waals surface area contributed by atoms with Crippen LogP contribution in [0.25, 0.3) is 0 Å². The quantitative estimate of drug-likeness (QED) is 0.236. The molecule has 0 aromatic heterocycles. The number of esters is 1. The van der Waals surface area contributed by atoms with Crippen molar-refractivity contribution in [2.45, 2.75) is 9.79 Å². The van der Waals surface area contributed by atoms with Gasteiger partial charge in [0.05, 0.1) is 4.92 Å². The first-order valence-corrected chi connectivity index (χ1v) is 9.58. The van der Waals surface area contributed by atoms with E-state index in [1.165, 1.54) is 23.9 Å². The molecule has 25 heavy (non-hydrogen) atoms. The maximum atomic E-state index is 12.2. The molecule has 0 saturated heterocycles. The summed E-state index contributed by atoms with van der Waals surface area (Å²) in [4.78, 5) is 36.4. The minimum absolute atomic E-state index is 0.164. The zero-order valence-corrected chi connectivity index (χ0v) is 15.2. The summed E-state index contributed by atoms with van der Waals surface area (Å²) in [5, 5.41) is 11.1. The number of carbonyl (C=O) groups is 2. The Hall–Kier alpha value is -2.32. The van der Waals surface area contributed by atoms with Crippen LogP contribution in [0.5, 0.6) is 0 Å². The third kappa shape index (κ3) is 4.83. The van der Waals surface area contributed by atoms with E-state index in [0.29, 0.717) is 10.5 Å². The maximum absolute atomic E-state index is 12.2. The predicted molar refractivity (Wildman–Crippen MR) is 97.7 cm³/mol. The van der Waals surface area contributed by atoms with E-state index in [0.717, 1.165) is 4.90 Å². The van der Waals surface area contributed by atoms with Crippen molar-refractivity contribution in [3.05, 3.63) is 63.7 Å². The van der Waals surface area contributed by atoms with E-state index in [-0.39, 0.29) is 17.0 Å². The third-order valence-electron chi connectivity index (χ3n) is 3.37. The van der Waals surface area contributed by atoms with E-state index in [9.17, 15) is 19.7 Å². The fourth-order valence-electron chi connectivity index (χ4n) is 2.03. The lowest BCUT2D eigenvalue weighted by Crippen LogP contribution is -2.15. The largest absolute Gasteiger partial charge is 0.454 e. The summed E-state index contributed by atoms with van der Waals surface area (Å²) in [6.45, 7) is -0.474. The summed E-state index contributed by atoms with van der Waals surface area (Å²) in [5.41, 5.74) is -0.0973. The zero-order valence-electron chi connectivity index (χ0n) is 13.6. The topological polar surface area (TPSA) is 86.5 Å². The average molecular weight is 377 g/mol. The van der Waals surface area contributed by atoms with Crippen molar-refractivity contribution in [1.82, 2.24) is 0 Å². The Morgan fingerprint density at radius 3 is 2.20 bits per heavy atom. The van der Waals surface area contributed by atoms with E-state index >= 15 is 0 Å². The van der Waals surface area contributed by atoms with Crippen molar-refractivity contribution in [3.63, 3.8) is 0 Å². The summed E-state index contributed by atoms with van der Waals surface area (Å²) >= 11 is 2.90. The summed E-state index contributed by atoms with van der Waals surface area (Å²) in [6, 6.07) is 11.1. The second-order valence-corrected chi connectivity index (χ2v) is 6.63. The highest BCUT2D eigenvalue weighted by Gasteiger charge is 2.23. The molecule has 0 heterocycles. The molecule has 0 spiro atoms. The highest BCUT2D eigenvalue weighted by Crippen LogP contribution is 2.25. The first kappa shape index (κ1) is 19.0. The molecule has 2 rings (SSSR count). The first-order valence-electron chi connectivity index (χ1n) is 7.13. The van der Waals surface area contributed by atoms with Crippen LogP contribution in [0.1, 0.15) is 20.7 Å². The molecule has 6 nitrogen and oxygen atoms in total. The van der Waals surface area contributed by atoms with Gasteiger partial charge in [0.15, 0.2) is 12.4 Å². The standard InChI is InChI=1S/C17H15NO5S2/c1-24-12-5-3-11(4-6-12)16(19)10-23-17(20)14-9-13(25-2)7-8-15(14)18(21)22/h3-9H,10H2,1-2H3. The zero-order chi connectivity index (χ0) is 18.4. The van der Waals surface area contributed by atoms with Crippen molar-refractivity contribution >= 4 is 41.0 Å². The van der Waals surface area contributed by atoms with Gasteiger partial charge in [-0.15, -0.1) is 23.5 Å². The Morgan fingerprint density at radius 2 is 1.64 bits per heavy atom. The van der Waals surface area contributed by atoms with Gasteiger partial charge in [0.1, 0.15) is 5.56 Å². The van der Waals surface area contributed by atoms with Crippen LogP contribution in [0.4, 0.5) is 5.69 Å². The number of benzene rings is 2. The van der Waals surface area contributed by atoms with Crippen LogP contribution < -0.4 is 0 Å². The van der Waals surface area contributed by atoms with Crippen LogP contribution in [-0.2, 0) is 4.74 Å². The second kappa shape index (κ2) is 8.68. The lowest BCUT2D eigenvalue weighted by molar-refractivity contribution is -0.385. The Kier molecular flexibility index (Phi) is 6.60. The highest BCUT2D eigenvalue weighted by atomic mass is 32.2. The summed E-state index contributed by atoms with van der Waals surface area (Å²) in [6.07, 6.45) is 3.71. The molecule has 0 radical (unpaired) electrons. The number of Topliss-reactive ketones (excluding diaryl/α,β-unsaturated/α-hetero) is 1. The molecule has 0 bridgehead atoms. The molecular formula is C17H15NO5S2. The minimum atomic E-state index is -0.892. The number of nitrogens with zero attached hydrogens (tertiary/aromatic N) is 1. The Bertz CT molecular complexity index is 805. The van der Waals surface area contributed by atoms with Gasteiger partial charge in [-0.1, -0.05) is 12.1 Å². The Labute approximate surface area is 153 Å². The SMILES string of the molecule is CSc1ccc(C(=O)COC(=O)c2cc(SC)ccc2[N+](=O)[O-])cc1. The third-order valence-corrected chi connectivity index (χ3v) is 4.84. The van der Waals surface area contributed by atoms with E-state index < -0.39 is 17.5 Å². The van der Waals surface area contributed by atoms with Crippen molar-refractivity contribution in [2.24, 2.45) is 0 Å². The van der Waals surface area contributed by atoms with Gasteiger partial charge >= 0.3 is 5.97 Å². The van der Waals surface area contributed by atoms with Gasteiger partial charge in [0.25, 0.3) is 5.69 Å². The average Bonchev–Trinajstić information content (AvgIpc) is 2.65. The van der Waals surface area contributed by atoms with Gasteiger partial charge < -0.3 is 4.74 Å². The van der Waals surface area contributed by atoms with E-state index in [1.807, 2.05) is 6.26 Å². The predicted octanol–water partition coefficient (Wildman–Crippen LogP) is 4.08. The van der Waals surface area contributed by atoms with Crippen LogP contribution in [0.2, 0.25) is 0 Å². The molecule has 8 heteroatoms. The number of hydrogen-bond donors (Lipinski definition) is 0. The number of ether oxygens (including phenoxy) is 1. The molecule has 0 amide bonds. The van der Waals surface area contributed by atoms with E-state index in [2.05, 4.69) is 0 Å². The Morgan fingerprint density at radius 1 is 1.04 bits per heavy atom. The molecule has 0 saturated carbocycles. The van der Waals surface area contributed by atoms with Crippen molar-refractivity contribution < 1.29 is 19.2 Å². The molecule has 0 unspecified atom stereocenters. The molecule has 0 aliphatic rings. The van der Waals surface area contributed by atoms with Crippen molar-refractivity contribution in [2.75, 3.05) is 19.1 Å². The number of nitro groups is 1. The first-order chi connectivity index (χ1) is 12.0. The molecule has 0 atom stereocenters. The van der Waals surface area contributed by atoms with Crippen LogP contribution in [0, 0.1) is 10.1 Å². The normalized spacial score (nSPS) is 10.3. The molecule has 0 fully saturated rings. The number of ketones is 1. The van der Waals surface area contributed by atoms with Crippen LogP contribution >= 0.6 is 23.5 Å². The van der Waals surface area contributed by atoms with Gasteiger partial charge in [-0.05, 0) is 36.8 Å². The molecule has 0 aliphatic heterocycles. The molecule has 0 N–H and O–H groups in total. The molecule has 2 aromatic carbocycles. The van der Waals surface area contributed by atoms with E-state index in [4.69, 9.17) is 4.74 Å². The number of thioether (sulfide) groups is 2. The summed E-state index contributed by atoms with van der Waals surface area (Å²) in [7, 11) is 0. The monoisotopic (exact) mass is 377 g/mol. The highest BCUT2D eigenvalue weighted by molar-refractivity contribution is 7.98.